The largest absolute Gasteiger partial charge is 0.492 e. The minimum absolute atomic E-state index is 0.0489. The van der Waals surface area contributed by atoms with Crippen molar-refractivity contribution in [1.82, 2.24) is 10.2 Å². The zero-order chi connectivity index (χ0) is 15.8. The molecule has 1 aliphatic rings. The zero-order valence-corrected chi connectivity index (χ0v) is 14.1. The first kappa shape index (κ1) is 16.9. The van der Waals surface area contributed by atoms with Gasteiger partial charge in [-0.1, -0.05) is 34.3 Å². The fraction of sp³-hybridized carbons (Fsp3) is 0.471. The minimum atomic E-state index is -0.101. The van der Waals surface area contributed by atoms with E-state index in [1.165, 1.54) is 0 Å². The predicted octanol–water partition coefficient (Wildman–Crippen LogP) is 2.43. The van der Waals surface area contributed by atoms with Crippen LogP contribution in [-0.2, 0) is 4.79 Å². The molecule has 22 heavy (non-hydrogen) atoms. The van der Waals surface area contributed by atoms with Crippen molar-refractivity contribution in [2.24, 2.45) is 0 Å². The third-order valence-corrected chi connectivity index (χ3v) is 4.17. The van der Waals surface area contributed by atoms with E-state index in [9.17, 15) is 4.79 Å². The lowest BCUT2D eigenvalue weighted by Gasteiger charge is -2.33. The van der Waals surface area contributed by atoms with Crippen LogP contribution < -0.4 is 10.1 Å². The molecule has 0 radical (unpaired) electrons. The average Bonchev–Trinajstić information content (AvgIpc) is 2.52. The Morgan fingerprint density at radius 2 is 2.36 bits per heavy atom. The maximum absolute atomic E-state index is 12.3. The van der Waals surface area contributed by atoms with Crippen molar-refractivity contribution in [2.45, 2.75) is 25.3 Å². The first-order chi connectivity index (χ1) is 10.7. The number of amides is 1. The number of nitrogens with one attached hydrogen (secondary N) is 1. The normalized spacial score (nSPS) is 18.5. The summed E-state index contributed by atoms with van der Waals surface area (Å²) >= 11 is 3.40. The Morgan fingerprint density at radius 1 is 1.50 bits per heavy atom. The van der Waals surface area contributed by atoms with Crippen LogP contribution in [-0.4, -0.2) is 43.1 Å². The number of benzene rings is 1. The molecule has 0 bridgehead atoms. The molecule has 1 aromatic carbocycles. The first-order valence-corrected chi connectivity index (χ1v) is 8.33. The van der Waals surface area contributed by atoms with E-state index >= 15 is 0 Å². The number of carbonyl (C=O) groups is 1. The number of halogens is 1. The summed E-state index contributed by atoms with van der Waals surface area (Å²) in [5.74, 6) is 3.47. The number of hydrogen-bond donors (Lipinski definition) is 1. The molecule has 1 N–H and O–H groups in total. The summed E-state index contributed by atoms with van der Waals surface area (Å²) in [5, 5.41) is 2.94. The van der Waals surface area contributed by atoms with Crippen LogP contribution in [0.2, 0.25) is 0 Å². The molecule has 1 atom stereocenters. The highest BCUT2D eigenvalue weighted by atomic mass is 79.9. The van der Waals surface area contributed by atoms with Gasteiger partial charge in [0.2, 0.25) is 5.91 Å². The second-order valence-corrected chi connectivity index (χ2v) is 6.20. The smallest absolute Gasteiger partial charge is 0.237 e. The number of hydrogen-bond acceptors (Lipinski definition) is 3. The van der Waals surface area contributed by atoms with Gasteiger partial charge in [-0.25, -0.2) is 0 Å². The molecular formula is C17H21BrN2O2. The molecule has 0 aromatic heterocycles. The van der Waals surface area contributed by atoms with Gasteiger partial charge in [-0.3, -0.25) is 9.69 Å². The molecule has 0 aliphatic carbocycles. The van der Waals surface area contributed by atoms with Crippen LogP contribution >= 0.6 is 15.9 Å². The van der Waals surface area contributed by atoms with Gasteiger partial charge in [-0.05, 0) is 37.6 Å². The molecule has 1 amide bonds. The van der Waals surface area contributed by atoms with E-state index in [4.69, 9.17) is 11.2 Å². The first-order valence-electron chi connectivity index (χ1n) is 7.54. The Kier molecular flexibility index (Phi) is 6.75. The second-order valence-electron chi connectivity index (χ2n) is 5.28. The summed E-state index contributed by atoms with van der Waals surface area (Å²) in [7, 11) is 0. The second kappa shape index (κ2) is 8.82. The maximum Gasteiger partial charge on any atom is 0.237 e. The highest BCUT2D eigenvalue weighted by Crippen LogP contribution is 2.18. The van der Waals surface area contributed by atoms with Crippen LogP contribution in [0.15, 0.2) is 28.7 Å². The van der Waals surface area contributed by atoms with E-state index in [1.807, 2.05) is 24.3 Å². The van der Waals surface area contributed by atoms with E-state index in [0.29, 0.717) is 19.7 Å². The molecule has 0 saturated carbocycles. The third-order valence-electron chi connectivity index (χ3n) is 3.68. The van der Waals surface area contributed by atoms with E-state index in [0.717, 1.165) is 36.0 Å². The van der Waals surface area contributed by atoms with Crippen LogP contribution in [0.25, 0.3) is 0 Å². The number of carbonyl (C=O) groups excluding carboxylic acids is 1. The Morgan fingerprint density at radius 3 is 3.14 bits per heavy atom. The Balaban J connectivity index is 1.74. The van der Waals surface area contributed by atoms with Crippen LogP contribution in [0, 0.1) is 12.3 Å². The molecular weight excluding hydrogens is 344 g/mol. The van der Waals surface area contributed by atoms with Gasteiger partial charge in [0.25, 0.3) is 0 Å². The molecule has 2 rings (SSSR count). The minimum Gasteiger partial charge on any atom is -0.492 e. The van der Waals surface area contributed by atoms with Gasteiger partial charge in [0.05, 0.1) is 19.1 Å². The van der Waals surface area contributed by atoms with Crippen molar-refractivity contribution in [2.75, 3.05) is 26.2 Å². The summed E-state index contributed by atoms with van der Waals surface area (Å²) in [5.41, 5.74) is 0. The van der Waals surface area contributed by atoms with Crippen molar-refractivity contribution in [1.29, 1.82) is 0 Å². The lowest BCUT2D eigenvalue weighted by atomic mass is 10.0. The summed E-state index contributed by atoms with van der Waals surface area (Å²) < 4.78 is 6.58. The highest BCUT2D eigenvalue weighted by Gasteiger charge is 2.27. The van der Waals surface area contributed by atoms with Gasteiger partial charge in [0, 0.05) is 4.47 Å². The van der Waals surface area contributed by atoms with Crippen LogP contribution in [0.3, 0.4) is 0 Å². The molecule has 5 heteroatoms. The molecule has 1 aliphatic heterocycles. The molecule has 4 nitrogen and oxygen atoms in total. The van der Waals surface area contributed by atoms with Crippen molar-refractivity contribution in [3.05, 3.63) is 28.7 Å². The topological polar surface area (TPSA) is 41.6 Å². The third kappa shape index (κ3) is 5.04. The van der Waals surface area contributed by atoms with E-state index in [-0.39, 0.29) is 11.9 Å². The molecule has 1 heterocycles. The Bertz CT molecular complexity index is 542. The Hall–Kier alpha value is -1.51. The molecule has 1 fully saturated rings. The van der Waals surface area contributed by atoms with Crippen molar-refractivity contribution in [3.8, 4) is 18.1 Å². The standard InChI is InChI=1S/C17H21BrN2O2/c1-2-10-20-11-4-3-8-16(20)17(21)19-9-12-22-15-7-5-6-14(18)13-15/h1,5-7,13,16H,3-4,8-12H2,(H,19,21). The van der Waals surface area contributed by atoms with Crippen molar-refractivity contribution < 1.29 is 9.53 Å². The van der Waals surface area contributed by atoms with E-state index < -0.39 is 0 Å². The lowest BCUT2D eigenvalue weighted by Crippen LogP contribution is -2.50. The summed E-state index contributed by atoms with van der Waals surface area (Å²) in [6, 6.07) is 7.55. The van der Waals surface area contributed by atoms with Gasteiger partial charge in [0.15, 0.2) is 0 Å². The highest BCUT2D eigenvalue weighted by molar-refractivity contribution is 9.10. The van der Waals surface area contributed by atoms with Gasteiger partial charge in [0.1, 0.15) is 12.4 Å². The monoisotopic (exact) mass is 364 g/mol. The molecule has 1 saturated heterocycles. The predicted molar refractivity (Wildman–Crippen MR) is 90.7 cm³/mol. The SMILES string of the molecule is C#CCN1CCCCC1C(=O)NCCOc1cccc(Br)c1. The molecule has 1 unspecified atom stereocenters. The van der Waals surface area contributed by atoms with Gasteiger partial charge >= 0.3 is 0 Å². The quantitative estimate of drug-likeness (QED) is 0.622. The summed E-state index contributed by atoms with van der Waals surface area (Å²) in [6.45, 7) is 2.37. The molecule has 1 aromatic rings. The van der Waals surface area contributed by atoms with Crippen molar-refractivity contribution in [3.63, 3.8) is 0 Å². The van der Waals surface area contributed by atoms with Crippen LogP contribution in [0.5, 0.6) is 5.75 Å². The number of nitrogens with zero attached hydrogens (tertiary/aromatic N) is 1. The molecule has 0 spiro atoms. The number of likely N-dealkylation sites (tertiary alicyclic amines) is 1. The van der Waals surface area contributed by atoms with Crippen molar-refractivity contribution >= 4 is 21.8 Å². The lowest BCUT2D eigenvalue weighted by molar-refractivity contribution is -0.127. The fourth-order valence-corrected chi connectivity index (χ4v) is 2.99. The van der Waals surface area contributed by atoms with E-state index in [1.54, 1.807) is 0 Å². The fourth-order valence-electron chi connectivity index (χ4n) is 2.61. The van der Waals surface area contributed by atoms with Crippen LogP contribution in [0.1, 0.15) is 19.3 Å². The maximum atomic E-state index is 12.3. The summed E-state index contributed by atoms with van der Waals surface area (Å²) in [4.78, 5) is 14.3. The molecule has 118 valence electrons. The number of terminal acetylenes is 1. The number of rotatable bonds is 6. The number of piperidine rings is 1. The number of ether oxygens (including phenoxy) is 1. The van der Waals surface area contributed by atoms with Crippen LogP contribution in [0.4, 0.5) is 0 Å². The van der Waals surface area contributed by atoms with Gasteiger partial charge < -0.3 is 10.1 Å². The zero-order valence-electron chi connectivity index (χ0n) is 12.6. The summed E-state index contributed by atoms with van der Waals surface area (Å²) in [6.07, 6.45) is 8.43. The van der Waals surface area contributed by atoms with Gasteiger partial charge in [-0.15, -0.1) is 6.42 Å². The van der Waals surface area contributed by atoms with E-state index in [2.05, 4.69) is 32.1 Å². The Labute approximate surface area is 140 Å². The average molecular weight is 365 g/mol. The van der Waals surface area contributed by atoms with Gasteiger partial charge in [-0.2, -0.15) is 0 Å².